The monoisotopic (exact) mass is 493 g/mol. The number of aromatic nitrogens is 3. The van der Waals surface area contributed by atoms with Crippen molar-refractivity contribution in [1.82, 2.24) is 20.4 Å². The summed E-state index contributed by atoms with van der Waals surface area (Å²) in [5.41, 5.74) is 6.70. The number of nitrogens with one attached hydrogen (secondary N) is 3. The van der Waals surface area contributed by atoms with E-state index in [1.54, 1.807) is 12.3 Å². The van der Waals surface area contributed by atoms with Crippen LogP contribution in [0.2, 0.25) is 0 Å². The maximum absolute atomic E-state index is 12.3. The van der Waals surface area contributed by atoms with Crippen LogP contribution in [0.25, 0.3) is 11.3 Å². The van der Waals surface area contributed by atoms with Crippen LogP contribution in [-0.2, 0) is 4.74 Å². The molecule has 0 saturated heterocycles. The predicted octanol–water partition coefficient (Wildman–Crippen LogP) is 4.22. The molecule has 0 aliphatic heterocycles. The first-order valence-corrected chi connectivity index (χ1v) is 11.9. The maximum atomic E-state index is 12.3. The zero-order valence-corrected chi connectivity index (χ0v) is 20.6. The second kappa shape index (κ2) is 10.6. The molecule has 1 aromatic carbocycles. The summed E-state index contributed by atoms with van der Waals surface area (Å²) in [5, 5.41) is 13.1. The number of alkyl carbamates (subject to hydrolysis) is 1. The molecular weight excluding hydrogens is 462 g/mol. The van der Waals surface area contributed by atoms with Gasteiger partial charge in [-0.2, -0.15) is 4.98 Å². The van der Waals surface area contributed by atoms with Crippen LogP contribution in [0, 0.1) is 0 Å². The van der Waals surface area contributed by atoms with Crippen molar-refractivity contribution in [2.75, 3.05) is 10.6 Å². The molecule has 1 aliphatic rings. The van der Waals surface area contributed by atoms with Crippen LogP contribution in [0.1, 0.15) is 56.8 Å². The van der Waals surface area contributed by atoms with Crippen molar-refractivity contribution in [1.29, 1.82) is 0 Å². The molecule has 1 fully saturated rings. The van der Waals surface area contributed by atoms with E-state index >= 15 is 0 Å². The van der Waals surface area contributed by atoms with Gasteiger partial charge < -0.3 is 30.9 Å². The van der Waals surface area contributed by atoms with Crippen molar-refractivity contribution in [3.05, 3.63) is 48.3 Å². The summed E-state index contributed by atoms with van der Waals surface area (Å²) in [6, 6.07) is 8.92. The fourth-order valence-corrected chi connectivity index (χ4v) is 4.05. The van der Waals surface area contributed by atoms with Crippen LogP contribution in [-0.4, -0.2) is 44.8 Å². The molecule has 11 heteroatoms. The number of hydrogen-bond acceptors (Lipinski definition) is 9. The van der Waals surface area contributed by atoms with Crippen LogP contribution < -0.4 is 21.7 Å². The lowest BCUT2D eigenvalue weighted by Gasteiger charge is -2.33. The van der Waals surface area contributed by atoms with Gasteiger partial charge in [-0.1, -0.05) is 18.0 Å². The second-order valence-corrected chi connectivity index (χ2v) is 9.69. The first kappa shape index (κ1) is 25.0. The summed E-state index contributed by atoms with van der Waals surface area (Å²) >= 11 is 0. The first-order valence-electron chi connectivity index (χ1n) is 11.9. The molecule has 2 heterocycles. The fourth-order valence-electron chi connectivity index (χ4n) is 4.05. The van der Waals surface area contributed by atoms with Gasteiger partial charge in [0.2, 0.25) is 5.95 Å². The molecule has 4 rings (SSSR count). The quantitative estimate of drug-likeness (QED) is 0.378. The summed E-state index contributed by atoms with van der Waals surface area (Å²) < 4.78 is 10.6. The molecule has 0 radical (unpaired) electrons. The Bertz CT molecular complexity index is 1190. The Morgan fingerprint density at radius 1 is 1.08 bits per heavy atom. The largest absolute Gasteiger partial charge is 0.444 e. The topological polar surface area (TPSA) is 157 Å². The molecule has 36 heavy (non-hydrogen) atoms. The van der Waals surface area contributed by atoms with Gasteiger partial charge in [-0.15, -0.1) is 0 Å². The summed E-state index contributed by atoms with van der Waals surface area (Å²) in [4.78, 5) is 33.2. The Kier molecular flexibility index (Phi) is 7.37. The molecule has 11 nitrogen and oxygen atoms in total. The maximum Gasteiger partial charge on any atom is 0.407 e. The minimum atomic E-state index is -0.649. The van der Waals surface area contributed by atoms with Crippen molar-refractivity contribution in [2.45, 2.75) is 64.1 Å². The number of carbonyl (C=O) groups excluding carboxylic acids is 2. The summed E-state index contributed by atoms with van der Waals surface area (Å²) in [6.07, 6.45) is 6.15. The minimum Gasteiger partial charge on any atom is -0.444 e. The van der Waals surface area contributed by atoms with E-state index < -0.39 is 17.6 Å². The van der Waals surface area contributed by atoms with Gasteiger partial charge in [0.05, 0.1) is 12.2 Å². The van der Waals surface area contributed by atoms with Crippen molar-refractivity contribution in [3.8, 4) is 11.3 Å². The minimum absolute atomic E-state index is 0.0975. The predicted molar refractivity (Wildman–Crippen MR) is 135 cm³/mol. The van der Waals surface area contributed by atoms with E-state index in [2.05, 4.69) is 31.1 Å². The van der Waals surface area contributed by atoms with Gasteiger partial charge in [0.15, 0.2) is 5.76 Å². The number of nitrogens with two attached hydrogens (primary N) is 1. The molecule has 2 atom stereocenters. The first-order chi connectivity index (χ1) is 17.2. The third-order valence-electron chi connectivity index (χ3n) is 5.71. The summed E-state index contributed by atoms with van der Waals surface area (Å²) in [7, 11) is 0. The van der Waals surface area contributed by atoms with Crippen LogP contribution in [0.3, 0.4) is 0 Å². The van der Waals surface area contributed by atoms with Crippen LogP contribution in [0.5, 0.6) is 0 Å². The van der Waals surface area contributed by atoms with Crippen molar-refractivity contribution in [3.63, 3.8) is 0 Å². The average molecular weight is 494 g/mol. The Balaban J connectivity index is 1.49. The highest BCUT2D eigenvalue weighted by Gasteiger charge is 2.29. The fraction of sp³-hybridized carbons (Fsp3) is 0.400. The Morgan fingerprint density at radius 2 is 1.81 bits per heavy atom. The van der Waals surface area contributed by atoms with Gasteiger partial charge in [-0.05, 0) is 57.9 Å². The van der Waals surface area contributed by atoms with Gasteiger partial charge in [0.25, 0.3) is 5.91 Å². The number of anilines is 3. The Hall–Kier alpha value is -4.15. The van der Waals surface area contributed by atoms with E-state index in [1.807, 2.05) is 45.0 Å². The van der Waals surface area contributed by atoms with E-state index in [4.69, 9.17) is 15.0 Å². The van der Waals surface area contributed by atoms with Crippen LogP contribution in [0.15, 0.2) is 47.2 Å². The Labute approximate surface area is 209 Å². The van der Waals surface area contributed by atoms with E-state index in [0.717, 1.165) is 31.2 Å². The van der Waals surface area contributed by atoms with Gasteiger partial charge >= 0.3 is 6.09 Å². The third kappa shape index (κ3) is 6.49. The highest BCUT2D eigenvalue weighted by molar-refractivity contribution is 5.98. The number of hydrogen-bond donors (Lipinski definition) is 4. The molecule has 0 unspecified atom stereocenters. The molecule has 1 saturated carbocycles. The van der Waals surface area contributed by atoms with Crippen LogP contribution in [0.4, 0.5) is 22.2 Å². The molecule has 190 valence electrons. The molecule has 0 spiro atoms. The van der Waals surface area contributed by atoms with Crippen molar-refractivity contribution in [2.24, 2.45) is 5.73 Å². The molecule has 1 aliphatic carbocycles. The van der Waals surface area contributed by atoms with Gasteiger partial charge in [-0.25, -0.2) is 9.78 Å². The number of nitrogens with zero attached hydrogens (tertiary/aromatic N) is 3. The zero-order chi connectivity index (χ0) is 25.7. The Morgan fingerprint density at radius 3 is 2.44 bits per heavy atom. The highest BCUT2D eigenvalue weighted by atomic mass is 16.6. The van der Waals surface area contributed by atoms with Crippen molar-refractivity contribution < 1.29 is 18.8 Å². The lowest BCUT2D eigenvalue weighted by atomic mass is 9.90. The molecule has 2 aromatic heterocycles. The van der Waals surface area contributed by atoms with Gasteiger partial charge in [-0.3, -0.25) is 4.79 Å². The smallest absolute Gasteiger partial charge is 0.407 e. The standard InChI is InChI=1S/C25H31N7O4/c1-25(2,3)35-24(34)31-19-7-5-4-6-18(19)30-23-27-14-17(21(26)33)22(32-23)29-16-10-8-15(9-11-16)20-12-13-28-36-20/h8-14,18-19H,4-7H2,1-3H3,(H2,26,33)(H,31,34)(H2,27,29,30,32)/t18-,19+/m1/s1. The normalized spacial score (nSPS) is 17.8. The number of rotatable bonds is 7. The van der Waals surface area contributed by atoms with E-state index in [1.165, 1.54) is 6.20 Å². The summed E-state index contributed by atoms with van der Waals surface area (Å²) in [6.45, 7) is 5.48. The van der Waals surface area contributed by atoms with Crippen LogP contribution >= 0.6 is 0 Å². The number of ether oxygens (including phenoxy) is 1. The lowest BCUT2D eigenvalue weighted by Crippen LogP contribution is -2.50. The molecule has 0 bridgehead atoms. The summed E-state index contributed by atoms with van der Waals surface area (Å²) in [5.74, 6) is 0.600. The molecule has 3 aromatic rings. The zero-order valence-electron chi connectivity index (χ0n) is 20.6. The number of primary amides is 1. The van der Waals surface area contributed by atoms with E-state index in [-0.39, 0.29) is 23.5 Å². The highest BCUT2D eigenvalue weighted by Crippen LogP contribution is 2.26. The second-order valence-electron chi connectivity index (χ2n) is 9.69. The van der Waals surface area contributed by atoms with Gasteiger partial charge in [0, 0.05) is 29.6 Å². The number of amides is 2. The molecule has 5 N–H and O–H groups in total. The average Bonchev–Trinajstić information content (AvgIpc) is 3.35. The number of benzene rings is 1. The third-order valence-corrected chi connectivity index (χ3v) is 5.71. The molecular formula is C25H31N7O4. The SMILES string of the molecule is CC(C)(C)OC(=O)N[C@H]1CCCC[C@H]1Nc1ncc(C(N)=O)c(Nc2ccc(-c3ccno3)cc2)n1. The van der Waals surface area contributed by atoms with Crippen molar-refractivity contribution >= 4 is 29.5 Å². The van der Waals surface area contributed by atoms with E-state index in [0.29, 0.717) is 17.4 Å². The molecule has 2 amide bonds. The lowest BCUT2D eigenvalue weighted by molar-refractivity contribution is 0.0488. The van der Waals surface area contributed by atoms with Gasteiger partial charge in [0.1, 0.15) is 17.0 Å². The van der Waals surface area contributed by atoms with E-state index in [9.17, 15) is 9.59 Å². The number of carbonyl (C=O) groups is 2.